The molecule has 5 N–H and O–H groups in total. The third kappa shape index (κ3) is 2.68. The third-order valence-electron chi connectivity index (χ3n) is 6.06. The van der Waals surface area contributed by atoms with Gasteiger partial charge in [-0.3, -0.25) is 15.4 Å². The highest BCUT2D eigenvalue weighted by atomic mass is 15.2. The molecule has 3 aromatic rings. The van der Waals surface area contributed by atoms with E-state index in [2.05, 4.69) is 24.8 Å². The maximum Gasteiger partial charge on any atom is 0.154 e. The van der Waals surface area contributed by atoms with Crippen LogP contribution in [-0.2, 0) is 0 Å². The number of fused-ring (bicyclic) bond motifs is 2. The van der Waals surface area contributed by atoms with Crippen molar-refractivity contribution < 1.29 is 0 Å². The zero-order valence-corrected chi connectivity index (χ0v) is 15.4. The molecule has 0 aromatic carbocycles. The van der Waals surface area contributed by atoms with E-state index < -0.39 is 0 Å². The van der Waals surface area contributed by atoms with Gasteiger partial charge in [-0.15, -0.1) is 0 Å². The Labute approximate surface area is 162 Å². The van der Waals surface area contributed by atoms with Gasteiger partial charge in [0.1, 0.15) is 17.2 Å². The summed E-state index contributed by atoms with van der Waals surface area (Å²) in [6.45, 7) is 2.66. The zero-order valence-electron chi connectivity index (χ0n) is 15.4. The van der Waals surface area contributed by atoms with Gasteiger partial charge in [-0.2, -0.15) is 0 Å². The first-order chi connectivity index (χ1) is 13.7. The van der Waals surface area contributed by atoms with Gasteiger partial charge in [-0.25, -0.2) is 9.97 Å². The summed E-state index contributed by atoms with van der Waals surface area (Å²) in [4.78, 5) is 19.9. The number of hydrogen-bond acceptors (Lipinski definition) is 8. The molecule has 0 bridgehead atoms. The maximum atomic E-state index is 8.60. The molecule has 3 unspecified atom stereocenters. The Morgan fingerprint density at radius 1 is 1.14 bits per heavy atom. The Morgan fingerprint density at radius 3 is 2.86 bits per heavy atom. The normalized spacial score (nSPS) is 23.5. The van der Waals surface area contributed by atoms with Gasteiger partial charge in [0.2, 0.25) is 0 Å². The summed E-state index contributed by atoms with van der Waals surface area (Å²) in [6, 6.07) is 5.54. The Hall–Kier alpha value is -3.13. The van der Waals surface area contributed by atoms with Crippen molar-refractivity contribution in [1.82, 2.24) is 19.9 Å². The van der Waals surface area contributed by atoms with Crippen molar-refractivity contribution in [3.63, 3.8) is 0 Å². The second-order valence-corrected chi connectivity index (χ2v) is 7.53. The second-order valence-electron chi connectivity index (χ2n) is 7.53. The van der Waals surface area contributed by atoms with Gasteiger partial charge < -0.3 is 16.4 Å². The fourth-order valence-electron chi connectivity index (χ4n) is 4.48. The molecule has 4 heterocycles. The first-order valence-electron chi connectivity index (χ1n) is 9.54. The molecule has 0 amide bonds. The van der Waals surface area contributed by atoms with Gasteiger partial charge in [-0.05, 0) is 48.9 Å². The monoisotopic (exact) mass is 374 g/mol. The predicted octanol–water partition coefficient (Wildman–Crippen LogP) is 1.45. The van der Waals surface area contributed by atoms with Gasteiger partial charge in [0.15, 0.2) is 5.82 Å². The number of nitrogens with one attached hydrogen (secondary N) is 1. The van der Waals surface area contributed by atoms with Crippen molar-refractivity contribution in [3.8, 4) is 0 Å². The number of hydrogen-bond donors (Lipinski definition) is 3. The van der Waals surface area contributed by atoms with Crippen LogP contribution in [0.2, 0.25) is 0 Å². The number of pyridine rings is 2. The third-order valence-corrected chi connectivity index (χ3v) is 6.06. The van der Waals surface area contributed by atoms with Crippen LogP contribution >= 0.6 is 0 Å². The lowest BCUT2D eigenvalue weighted by atomic mass is 10.1. The Bertz CT molecular complexity index is 1060. The van der Waals surface area contributed by atoms with Crippen LogP contribution in [-0.4, -0.2) is 45.3 Å². The second kappa shape index (κ2) is 6.49. The van der Waals surface area contributed by atoms with Crippen molar-refractivity contribution in [2.24, 2.45) is 23.5 Å². The fourth-order valence-corrected chi connectivity index (χ4v) is 4.48. The van der Waals surface area contributed by atoms with Crippen LogP contribution < -0.4 is 16.4 Å². The summed E-state index contributed by atoms with van der Waals surface area (Å²) in [6.07, 6.45) is 6.21. The quantitative estimate of drug-likeness (QED) is 0.589. The van der Waals surface area contributed by atoms with Gasteiger partial charge >= 0.3 is 0 Å². The van der Waals surface area contributed by atoms with E-state index in [9.17, 15) is 0 Å². The molecule has 1 aliphatic heterocycles. The molecule has 28 heavy (non-hydrogen) atoms. The van der Waals surface area contributed by atoms with Crippen LogP contribution in [0.5, 0.6) is 0 Å². The number of nitrogens with two attached hydrogens (primary N) is 2. The summed E-state index contributed by atoms with van der Waals surface area (Å²) in [5.41, 5.74) is 13.8. The van der Waals surface area contributed by atoms with E-state index in [1.807, 2.05) is 18.2 Å². The highest BCUT2D eigenvalue weighted by molar-refractivity contribution is 6.16. The largest absolute Gasteiger partial charge is 0.382 e. The molecule has 8 heteroatoms. The van der Waals surface area contributed by atoms with Crippen molar-refractivity contribution in [2.75, 3.05) is 30.3 Å². The number of nitrogen functional groups attached to an aromatic ring is 1. The average molecular weight is 374 g/mol. The molecule has 0 radical (unpaired) electrons. The van der Waals surface area contributed by atoms with Crippen molar-refractivity contribution in [1.29, 1.82) is 5.41 Å². The van der Waals surface area contributed by atoms with E-state index in [4.69, 9.17) is 16.9 Å². The van der Waals surface area contributed by atoms with Crippen LogP contribution in [0, 0.1) is 23.2 Å². The topological polar surface area (TPSA) is 131 Å². The van der Waals surface area contributed by atoms with Crippen LogP contribution in [0.1, 0.15) is 17.8 Å². The molecule has 5 rings (SSSR count). The SMILES string of the molecule is N=C(c1ncc(N2CCC3C(CN)C3C2)nc1N)c1nccc2ncccc12. The van der Waals surface area contributed by atoms with E-state index in [1.165, 1.54) is 0 Å². The lowest BCUT2D eigenvalue weighted by Crippen LogP contribution is -2.32. The van der Waals surface area contributed by atoms with Crippen molar-refractivity contribution in [3.05, 3.63) is 48.2 Å². The number of rotatable bonds is 4. The molecule has 2 aliphatic rings. The van der Waals surface area contributed by atoms with E-state index in [-0.39, 0.29) is 11.5 Å². The van der Waals surface area contributed by atoms with E-state index in [0.29, 0.717) is 23.2 Å². The highest BCUT2D eigenvalue weighted by Gasteiger charge is 2.51. The number of nitrogens with zero attached hydrogens (tertiary/aromatic N) is 5. The summed E-state index contributed by atoms with van der Waals surface area (Å²) in [5, 5.41) is 9.39. The highest BCUT2D eigenvalue weighted by Crippen LogP contribution is 2.51. The van der Waals surface area contributed by atoms with Crippen LogP contribution in [0.15, 0.2) is 36.8 Å². The molecular weight excluding hydrogens is 352 g/mol. The first-order valence-corrected chi connectivity index (χ1v) is 9.54. The predicted molar refractivity (Wildman–Crippen MR) is 108 cm³/mol. The van der Waals surface area contributed by atoms with Crippen LogP contribution in [0.25, 0.3) is 10.9 Å². The molecular formula is C20H22N8. The van der Waals surface area contributed by atoms with E-state index >= 15 is 0 Å². The van der Waals surface area contributed by atoms with Gasteiger partial charge in [0.25, 0.3) is 0 Å². The molecule has 1 saturated carbocycles. The van der Waals surface area contributed by atoms with Gasteiger partial charge in [0.05, 0.1) is 17.4 Å². The molecule has 142 valence electrons. The molecule has 0 spiro atoms. The zero-order chi connectivity index (χ0) is 19.3. The molecule has 1 saturated heterocycles. The minimum Gasteiger partial charge on any atom is -0.382 e. The maximum absolute atomic E-state index is 8.60. The minimum absolute atomic E-state index is 0.152. The number of piperidine rings is 1. The van der Waals surface area contributed by atoms with Crippen LogP contribution in [0.4, 0.5) is 11.6 Å². The summed E-state index contributed by atoms with van der Waals surface area (Å²) in [7, 11) is 0. The Balaban J connectivity index is 1.43. The molecule has 3 aromatic heterocycles. The summed E-state index contributed by atoms with van der Waals surface area (Å²) in [5.74, 6) is 3.09. The standard InChI is InChI=1S/C20H22N8/c21-8-13-11-4-7-28(10-14(11)13)16-9-26-19(20(23)27-16)17(22)18-12-2-1-5-24-15(12)3-6-25-18/h1-3,5-6,9,11,13-14,22H,4,7-8,10,21H2,(H2,23,27). The van der Waals surface area contributed by atoms with Gasteiger partial charge in [0, 0.05) is 30.9 Å². The molecule has 1 aliphatic carbocycles. The Kier molecular flexibility index (Phi) is 3.94. The lowest BCUT2D eigenvalue weighted by molar-refractivity contribution is 0.546. The van der Waals surface area contributed by atoms with Crippen LogP contribution in [0.3, 0.4) is 0 Å². The summed E-state index contributed by atoms with van der Waals surface area (Å²) < 4.78 is 0. The average Bonchev–Trinajstić information content (AvgIpc) is 3.45. The van der Waals surface area contributed by atoms with E-state index in [0.717, 1.165) is 48.7 Å². The molecule has 3 atom stereocenters. The van der Waals surface area contributed by atoms with Crippen molar-refractivity contribution in [2.45, 2.75) is 6.42 Å². The number of anilines is 2. The first kappa shape index (κ1) is 17.0. The Morgan fingerprint density at radius 2 is 2.04 bits per heavy atom. The van der Waals surface area contributed by atoms with E-state index in [1.54, 1.807) is 18.6 Å². The molecule has 2 fully saturated rings. The smallest absolute Gasteiger partial charge is 0.154 e. The minimum atomic E-state index is 0.152. The van der Waals surface area contributed by atoms with Gasteiger partial charge in [-0.1, -0.05) is 0 Å². The van der Waals surface area contributed by atoms with Crippen molar-refractivity contribution >= 4 is 28.3 Å². The lowest BCUT2D eigenvalue weighted by Gasteiger charge is -2.27. The number of aromatic nitrogens is 4. The summed E-state index contributed by atoms with van der Waals surface area (Å²) >= 11 is 0. The molecule has 8 nitrogen and oxygen atoms in total. The fraction of sp³-hybridized carbons (Fsp3) is 0.350.